The van der Waals surface area contributed by atoms with Gasteiger partial charge in [-0.05, 0) is 19.2 Å². The highest BCUT2D eigenvalue weighted by atomic mass is 32.2. The van der Waals surface area contributed by atoms with Gasteiger partial charge in [0.2, 0.25) is 0 Å². The second-order valence-electron chi connectivity index (χ2n) is 3.72. The van der Waals surface area contributed by atoms with Crippen molar-refractivity contribution < 1.29 is 9.50 Å². The standard InChI is InChI=1S/C12H18FNOS/c1-9(12(8-15)16-2)14-7-10-5-3-4-6-11(10)13/h3-6,9,12,14-15H,7-8H2,1-2H3. The van der Waals surface area contributed by atoms with Crippen molar-refractivity contribution in [3.63, 3.8) is 0 Å². The normalized spacial score (nSPS) is 14.8. The molecule has 0 bridgehead atoms. The number of aliphatic hydroxyl groups is 1. The van der Waals surface area contributed by atoms with Crippen LogP contribution in [0.15, 0.2) is 24.3 Å². The number of halogens is 1. The van der Waals surface area contributed by atoms with E-state index in [4.69, 9.17) is 5.11 Å². The van der Waals surface area contributed by atoms with Gasteiger partial charge >= 0.3 is 0 Å². The van der Waals surface area contributed by atoms with Gasteiger partial charge in [0, 0.05) is 23.4 Å². The Hall–Kier alpha value is -0.580. The van der Waals surface area contributed by atoms with Gasteiger partial charge in [-0.3, -0.25) is 0 Å². The van der Waals surface area contributed by atoms with Crippen LogP contribution in [0.3, 0.4) is 0 Å². The molecule has 0 aliphatic heterocycles. The first-order valence-corrected chi connectivity index (χ1v) is 6.58. The summed E-state index contributed by atoms with van der Waals surface area (Å²) in [5.41, 5.74) is 0.659. The molecule has 1 aromatic carbocycles. The second-order valence-corrected chi connectivity index (χ2v) is 4.79. The van der Waals surface area contributed by atoms with Crippen LogP contribution in [-0.2, 0) is 6.54 Å². The van der Waals surface area contributed by atoms with Gasteiger partial charge in [0.15, 0.2) is 0 Å². The molecule has 1 rings (SSSR count). The summed E-state index contributed by atoms with van der Waals surface area (Å²) in [6.45, 7) is 2.62. The van der Waals surface area contributed by atoms with Crippen molar-refractivity contribution in [3.8, 4) is 0 Å². The molecule has 0 amide bonds. The zero-order chi connectivity index (χ0) is 12.0. The summed E-state index contributed by atoms with van der Waals surface area (Å²) in [6.07, 6.45) is 1.96. The Morgan fingerprint density at radius 3 is 2.69 bits per heavy atom. The summed E-state index contributed by atoms with van der Waals surface area (Å²) in [4.78, 5) is 0. The Morgan fingerprint density at radius 1 is 1.44 bits per heavy atom. The summed E-state index contributed by atoms with van der Waals surface area (Å²) >= 11 is 1.61. The Bertz CT molecular complexity index is 318. The highest BCUT2D eigenvalue weighted by molar-refractivity contribution is 7.99. The molecule has 0 radical (unpaired) electrons. The van der Waals surface area contributed by atoms with E-state index in [0.717, 1.165) is 0 Å². The molecule has 0 spiro atoms. The van der Waals surface area contributed by atoms with Crippen LogP contribution in [0.2, 0.25) is 0 Å². The van der Waals surface area contributed by atoms with Crippen LogP contribution in [0.4, 0.5) is 4.39 Å². The Morgan fingerprint density at radius 2 is 2.12 bits per heavy atom. The molecule has 1 aromatic rings. The first-order valence-electron chi connectivity index (χ1n) is 5.29. The van der Waals surface area contributed by atoms with Gasteiger partial charge in [0.1, 0.15) is 5.82 Å². The molecule has 90 valence electrons. The van der Waals surface area contributed by atoms with E-state index >= 15 is 0 Å². The fourth-order valence-corrected chi connectivity index (χ4v) is 2.13. The summed E-state index contributed by atoms with van der Waals surface area (Å²) < 4.78 is 13.3. The van der Waals surface area contributed by atoms with E-state index in [9.17, 15) is 4.39 Å². The molecule has 0 fully saturated rings. The molecule has 2 nitrogen and oxygen atoms in total. The van der Waals surface area contributed by atoms with Crippen LogP contribution in [-0.4, -0.2) is 29.3 Å². The zero-order valence-corrected chi connectivity index (χ0v) is 10.4. The molecule has 2 unspecified atom stereocenters. The Kier molecular flexibility index (Phi) is 5.80. The Balaban J connectivity index is 2.48. The molecule has 0 heterocycles. The lowest BCUT2D eigenvalue weighted by molar-refractivity contribution is 0.275. The highest BCUT2D eigenvalue weighted by Gasteiger charge is 2.14. The van der Waals surface area contributed by atoms with Gasteiger partial charge in [-0.25, -0.2) is 4.39 Å². The van der Waals surface area contributed by atoms with Crippen molar-refractivity contribution in [3.05, 3.63) is 35.6 Å². The molecule has 0 saturated carbocycles. The lowest BCUT2D eigenvalue weighted by Gasteiger charge is -2.21. The number of hydrogen-bond donors (Lipinski definition) is 2. The predicted octanol–water partition coefficient (Wildman–Crippen LogP) is 2.03. The maximum Gasteiger partial charge on any atom is 0.127 e. The second kappa shape index (κ2) is 6.89. The molecule has 2 N–H and O–H groups in total. The van der Waals surface area contributed by atoms with Crippen molar-refractivity contribution in [2.24, 2.45) is 0 Å². The maximum atomic E-state index is 13.3. The quantitative estimate of drug-likeness (QED) is 0.802. The molecular formula is C12H18FNOS. The summed E-state index contributed by atoms with van der Waals surface area (Å²) in [7, 11) is 0. The molecule has 0 saturated heterocycles. The number of nitrogens with one attached hydrogen (secondary N) is 1. The van der Waals surface area contributed by atoms with Crippen molar-refractivity contribution >= 4 is 11.8 Å². The van der Waals surface area contributed by atoms with E-state index in [1.807, 2.05) is 19.2 Å². The van der Waals surface area contributed by atoms with Gasteiger partial charge in [0.25, 0.3) is 0 Å². The molecule has 16 heavy (non-hydrogen) atoms. The minimum Gasteiger partial charge on any atom is -0.395 e. The van der Waals surface area contributed by atoms with E-state index in [-0.39, 0.29) is 23.7 Å². The average Bonchev–Trinajstić information content (AvgIpc) is 2.29. The van der Waals surface area contributed by atoms with E-state index in [1.165, 1.54) is 6.07 Å². The molecule has 4 heteroatoms. The summed E-state index contributed by atoms with van der Waals surface area (Å²) in [5.74, 6) is -0.188. The van der Waals surface area contributed by atoms with E-state index < -0.39 is 0 Å². The minimum atomic E-state index is -0.188. The van der Waals surface area contributed by atoms with Gasteiger partial charge in [-0.1, -0.05) is 18.2 Å². The molecule has 2 atom stereocenters. The average molecular weight is 243 g/mol. The molecule has 0 aromatic heterocycles. The number of benzene rings is 1. The van der Waals surface area contributed by atoms with Crippen LogP contribution in [0.1, 0.15) is 12.5 Å². The van der Waals surface area contributed by atoms with Gasteiger partial charge < -0.3 is 10.4 Å². The molecular weight excluding hydrogens is 225 g/mol. The maximum absolute atomic E-state index is 13.3. The zero-order valence-electron chi connectivity index (χ0n) is 9.61. The van der Waals surface area contributed by atoms with Gasteiger partial charge in [0.05, 0.1) is 6.61 Å². The third kappa shape index (κ3) is 3.77. The van der Waals surface area contributed by atoms with Crippen LogP contribution in [0.25, 0.3) is 0 Å². The number of rotatable bonds is 6. The fraction of sp³-hybridized carbons (Fsp3) is 0.500. The largest absolute Gasteiger partial charge is 0.395 e. The van der Waals surface area contributed by atoms with E-state index in [1.54, 1.807) is 23.9 Å². The molecule has 0 aliphatic carbocycles. The van der Waals surface area contributed by atoms with E-state index in [2.05, 4.69) is 5.32 Å². The number of aliphatic hydroxyl groups excluding tert-OH is 1. The first-order chi connectivity index (χ1) is 7.69. The Labute approximate surface area is 100 Å². The van der Waals surface area contributed by atoms with Crippen LogP contribution < -0.4 is 5.32 Å². The third-order valence-corrected chi connectivity index (χ3v) is 3.78. The van der Waals surface area contributed by atoms with Crippen molar-refractivity contribution in [1.82, 2.24) is 5.32 Å². The van der Waals surface area contributed by atoms with Gasteiger partial charge in [-0.2, -0.15) is 11.8 Å². The minimum absolute atomic E-state index is 0.132. The summed E-state index contributed by atoms with van der Waals surface area (Å²) in [6, 6.07) is 6.88. The van der Waals surface area contributed by atoms with Crippen LogP contribution in [0.5, 0.6) is 0 Å². The van der Waals surface area contributed by atoms with Crippen molar-refractivity contribution in [2.45, 2.75) is 24.8 Å². The van der Waals surface area contributed by atoms with Gasteiger partial charge in [-0.15, -0.1) is 0 Å². The number of thioether (sulfide) groups is 1. The van der Waals surface area contributed by atoms with Crippen molar-refractivity contribution in [1.29, 1.82) is 0 Å². The SMILES string of the molecule is CSC(CO)C(C)NCc1ccccc1F. The number of hydrogen-bond acceptors (Lipinski definition) is 3. The summed E-state index contributed by atoms with van der Waals surface area (Å²) in [5, 5.41) is 12.5. The van der Waals surface area contributed by atoms with Crippen LogP contribution in [0, 0.1) is 5.82 Å². The molecule has 0 aliphatic rings. The fourth-order valence-electron chi connectivity index (χ4n) is 1.48. The lowest BCUT2D eigenvalue weighted by atomic mass is 10.2. The monoisotopic (exact) mass is 243 g/mol. The topological polar surface area (TPSA) is 32.3 Å². The highest BCUT2D eigenvalue weighted by Crippen LogP contribution is 2.12. The van der Waals surface area contributed by atoms with Crippen molar-refractivity contribution in [2.75, 3.05) is 12.9 Å². The third-order valence-electron chi connectivity index (χ3n) is 2.61. The van der Waals surface area contributed by atoms with Crippen LogP contribution >= 0.6 is 11.8 Å². The smallest absolute Gasteiger partial charge is 0.127 e. The predicted molar refractivity (Wildman–Crippen MR) is 67.1 cm³/mol. The first kappa shape index (κ1) is 13.5. The van der Waals surface area contributed by atoms with E-state index in [0.29, 0.717) is 12.1 Å². The lowest BCUT2D eigenvalue weighted by Crippen LogP contribution is -2.37.